The highest BCUT2D eigenvalue weighted by Gasteiger charge is 2.13. The summed E-state index contributed by atoms with van der Waals surface area (Å²) in [6, 6.07) is 2.14. The molecule has 1 atom stereocenters. The molecule has 0 amide bonds. The smallest absolute Gasteiger partial charge is 0.316 e. The SMILES string of the molecule is CCCCCCCCCCCCCCCCCCOCC(COCCOCC[N+](C)(C)C)Oc1ncccn1. The molecule has 0 aliphatic heterocycles. The summed E-state index contributed by atoms with van der Waals surface area (Å²) in [5, 5.41) is 0. The molecule has 0 N–H and O–H groups in total. The Bertz CT molecular complexity index is 628. The molecule has 0 bridgehead atoms. The van der Waals surface area contributed by atoms with E-state index in [0.717, 1.165) is 30.7 Å². The Morgan fingerprint density at radius 1 is 0.590 bits per heavy atom. The lowest BCUT2D eigenvalue weighted by molar-refractivity contribution is -0.870. The Kier molecular flexibility index (Phi) is 23.5. The molecule has 0 aliphatic carbocycles. The molecular weight excluding hydrogens is 490 g/mol. The standard InChI is InChI=1S/C32H62N3O4/c1-5-6-7-8-9-10-11-12-13-14-15-16-17-18-19-20-25-37-29-31(39-32-33-22-21-23-34-32)30-38-28-27-36-26-24-35(2,3)4/h21-23,31H,5-20,24-30H2,1-4H3/q+1. The average Bonchev–Trinajstić information content (AvgIpc) is 2.91. The molecule has 1 heterocycles. The number of nitrogens with zero attached hydrogens (tertiary/aromatic N) is 3. The molecule has 228 valence electrons. The van der Waals surface area contributed by atoms with Crippen molar-refractivity contribution in [2.45, 2.75) is 116 Å². The molecule has 1 aromatic heterocycles. The van der Waals surface area contributed by atoms with Gasteiger partial charge in [-0.2, -0.15) is 0 Å². The van der Waals surface area contributed by atoms with Crippen LogP contribution in [0.1, 0.15) is 110 Å². The topological polar surface area (TPSA) is 62.7 Å². The molecule has 0 aliphatic rings. The van der Waals surface area contributed by atoms with E-state index >= 15 is 0 Å². The van der Waals surface area contributed by atoms with E-state index < -0.39 is 0 Å². The zero-order valence-corrected chi connectivity index (χ0v) is 26.0. The zero-order valence-electron chi connectivity index (χ0n) is 26.0. The van der Waals surface area contributed by atoms with Crippen LogP contribution >= 0.6 is 0 Å². The second-order valence-corrected chi connectivity index (χ2v) is 11.9. The molecule has 0 spiro atoms. The van der Waals surface area contributed by atoms with Crippen molar-refractivity contribution in [2.24, 2.45) is 0 Å². The van der Waals surface area contributed by atoms with Crippen LogP contribution in [0.4, 0.5) is 0 Å². The maximum absolute atomic E-state index is 5.93. The van der Waals surface area contributed by atoms with Gasteiger partial charge in [-0.05, 0) is 12.5 Å². The fraction of sp³-hybridized carbons (Fsp3) is 0.875. The Labute approximate surface area is 241 Å². The van der Waals surface area contributed by atoms with Crippen LogP contribution in [-0.2, 0) is 14.2 Å². The Balaban J connectivity index is 2.00. The first-order valence-corrected chi connectivity index (χ1v) is 16.0. The second kappa shape index (κ2) is 25.7. The number of aromatic nitrogens is 2. The molecular formula is C32H62N3O4+. The highest BCUT2D eigenvalue weighted by Crippen LogP contribution is 2.14. The van der Waals surface area contributed by atoms with E-state index in [1.807, 2.05) is 0 Å². The van der Waals surface area contributed by atoms with Crippen molar-refractivity contribution in [2.75, 3.05) is 67.3 Å². The van der Waals surface area contributed by atoms with Crippen molar-refractivity contribution < 1.29 is 23.4 Å². The van der Waals surface area contributed by atoms with E-state index in [0.29, 0.717) is 32.4 Å². The summed E-state index contributed by atoms with van der Waals surface area (Å²) in [5.41, 5.74) is 0. The van der Waals surface area contributed by atoms with Gasteiger partial charge in [0, 0.05) is 19.0 Å². The quantitative estimate of drug-likeness (QED) is 0.0771. The fourth-order valence-corrected chi connectivity index (χ4v) is 4.35. The van der Waals surface area contributed by atoms with Gasteiger partial charge < -0.3 is 23.4 Å². The van der Waals surface area contributed by atoms with Gasteiger partial charge in [0.2, 0.25) is 0 Å². The number of quaternary nitrogens is 1. The van der Waals surface area contributed by atoms with Crippen molar-refractivity contribution in [1.82, 2.24) is 9.97 Å². The van der Waals surface area contributed by atoms with Crippen LogP contribution in [0.5, 0.6) is 6.01 Å². The summed E-state index contributed by atoms with van der Waals surface area (Å²) in [4.78, 5) is 8.34. The van der Waals surface area contributed by atoms with Crippen molar-refractivity contribution in [3.8, 4) is 6.01 Å². The Morgan fingerprint density at radius 3 is 1.56 bits per heavy atom. The van der Waals surface area contributed by atoms with E-state index in [1.165, 1.54) is 96.3 Å². The molecule has 0 aromatic carbocycles. The summed E-state index contributed by atoms with van der Waals surface area (Å²) in [7, 11) is 6.48. The number of unbranched alkanes of at least 4 members (excludes halogenated alkanes) is 15. The Morgan fingerprint density at radius 2 is 1.05 bits per heavy atom. The number of hydrogen-bond acceptors (Lipinski definition) is 6. The minimum atomic E-state index is -0.236. The van der Waals surface area contributed by atoms with E-state index in [4.69, 9.17) is 18.9 Å². The zero-order chi connectivity index (χ0) is 28.3. The molecule has 0 saturated carbocycles. The molecule has 7 nitrogen and oxygen atoms in total. The van der Waals surface area contributed by atoms with Crippen molar-refractivity contribution in [1.29, 1.82) is 0 Å². The number of hydrogen-bond donors (Lipinski definition) is 0. The lowest BCUT2D eigenvalue weighted by atomic mass is 10.0. The minimum absolute atomic E-state index is 0.236. The fourth-order valence-electron chi connectivity index (χ4n) is 4.35. The predicted octanol–water partition coefficient (Wildman–Crippen LogP) is 7.24. The van der Waals surface area contributed by atoms with Gasteiger partial charge in [-0.25, -0.2) is 9.97 Å². The largest absolute Gasteiger partial charge is 0.455 e. The van der Waals surface area contributed by atoms with Crippen LogP contribution in [0.3, 0.4) is 0 Å². The van der Waals surface area contributed by atoms with Gasteiger partial charge >= 0.3 is 6.01 Å². The third-order valence-corrected chi connectivity index (χ3v) is 6.84. The van der Waals surface area contributed by atoms with Gasteiger partial charge in [0.15, 0.2) is 0 Å². The molecule has 7 heteroatoms. The van der Waals surface area contributed by atoms with E-state index in [2.05, 4.69) is 38.0 Å². The van der Waals surface area contributed by atoms with Crippen LogP contribution in [0.15, 0.2) is 18.5 Å². The monoisotopic (exact) mass is 552 g/mol. The van der Waals surface area contributed by atoms with Crippen molar-refractivity contribution in [3.05, 3.63) is 18.5 Å². The molecule has 0 saturated heterocycles. The van der Waals surface area contributed by atoms with E-state index in [1.54, 1.807) is 18.5 Å². The molecule has 0 fully saturated rings. The first kappa shape index (κ1) is 35.7. The highest BCUT2D eigenvalue weighted by atomic mass is 16.6. The van der Waals surface area contributed by atoms with Crippen molar-refractivity contribution >= 4 is 0 Å². The first-order chi connectivity index (χ1) is 19.0. The minimum Gasteiger partial charge on any atom is -0.455 e. The highest BCUT2D eigenvalue weighted by molar-refractivity contribution is 4.94. The maximum Gasteiger partial charge on any atom is 0.316 e. The summed E-state index contributed by atoms with van der Waals surface area (Å²) in [6.45, 7) is 6.76. The first-order valence-electron chi connectivity index (χ1n) is 16.0. The van der Waals surface area contributed by atoms with Gasteiger partial charge in [0.25, 0.3) is 0 Å². The summed E-state index contributed by atoms with van der Waals surface area (Å²) in [5.74, 6) is 0. The lowest BCUT2D eigenvalue weighted by Crippen LogP contribution is -2.37. The average molecular weight is 553 g/mol. The summed E-state index contributed by atoms with van der Waals surface area (Å²) in [6.07, 6.45) is 25.1. The molecule has 39 heavy (non-hydrogen) atoms. The lowest BCUT2D eigenvalue weighted by Gasteiger charge is -2.23. The Hall–Kier alpha value is -1.28. The van der Waals surface area contributed by atoms with Crippen LogP contribution in [-0.4, -0.2) is 87.9 Å². The van der Waals surface area contributed by atoms with Crippen LogP contribution in [0, 0.1) is 0 Å². The third-order valence-electron chi connectivity index (χ3n) is 6.84. The third kappa shape index (κ3) is 25.4. The van der Waals surface area contributed by atoms with Crippen LogP contribution in [0.25, 0.3) is 0 Å². The summed E-state index contributed by atoms with van der Waals surface area (Å²) < 4.78 is 24.2. The van der Waals surface area contributed by atoms with Gasteiger partial charge in [-0.3, -0.25) is 0 Å². The molecule has 1 rings (SSSR count). The second-order valence-electron chi connectivity index (χ2n) is 11.9. The number of rotatable bonds is 29. The summed E-state index contributed by atoms with van der Waals surface area (Å²) >= 11 is 0. The van der Waals surface area contributed by atoms with Crippen LogP contribution < -0.4 is 4.74 Å². The van der Waals surface area contributed by atoms with Gasteiger partial charge in [-0.1, -0.05) is 103 Å². The van der Waals surface area contributed by atoms with E-state index in [-0.39, 0.29) is 6.10 Å². The van der Waals surface area contributed by atoms with Gasteiger partial charge in [-0.15, -0.1) is 0 Å². The molecule has 1 aromatic rings. The van der Waals surface area contributed by atoms with Crippen LogP contribution in [0.2, 0.25) is 0 Å². The molecule has 1 unspecified atom stereocenters. The number of likely N-dealkylation sites (N-methyl/N-ethyl adjacent to an activating group) is 1. The van der Waals surface area contributed by atoms with E-state index in [9.17, 15) is 0 Å². The predicted molar refractivity (Wildman–Crippen MR) is 161 cm³/mol. The maximum atomic E-state index is 5.93. The van der Waals surface area contributed by atoms with Crippen molar-refractivity contribution in [3.63, 3.8) is 0 Å². The normalized spacial score (nSPS) is 12.6. The van der Waals surface area contributed by atoms with Gasteiger partial charge in [0.1, 0.15) is 12.6 Å². The number of ether oxygens (including phenoxy) is 4. The molecule has 0 radical (unpaired) electrons. The van der Waals surface area contributed by atoms with Gasteiger partial charge in [0.05, 0.1) is 54.2 Å².